The maximum absolute atomic E-state index is 11.2. The predicted molar refractivity (Wildman–Crippen MR) is 143 cm³/mol. The van der Waals surface area contributed by atoms with E-state index in [9.17, 15) is 10.2 Å². The first kappa shape index (κ1) is 25.5. The van der Waals surface area contributed by atoms with Crippen LogP contribution in [0, 0.1) is 0 Å². The van der Waals surface area contributed by atoms with Crippen LogP contribution >= 0.6 is 0 Å². The summed E-state index contributed by atoms with van der Waals surface area (Å²) in [6.07, 6.45) is 20.7. The summed E-state index contributed by atoms with van der Waals surface area (Å²) in [5, 5.41) is 21.6. The normalized spacial score (nSPS) is 19.5. The molecule has 0 unspecified atom stereocenters. The molecule has 2 N–H and O–H groups in total. The third kappa shape index (κ3) is 7.19. The minimum absolute atomic E-state index is 0.108. The van der Waals surface area contributed by atoms with E-state index in [1.165, 1.54) is 64.2 Å². The molecule has 0 aromatic heterocycles. The number of aromatic hydroxyl groups is 2. The zero-order valence-corrected chi connectivity index (χ0v) is 21.6. The number of hydrogen-bond donors (Lipinski definition) is 2. The Bertz CT molecular complexity index is 1020. The van der Waals surface area contributed by atoms with Crippen LogP contribution in [-0.4, -0.2) is 15.8 Å². The van der Waals surface area contributed by atoms with E-state index in [1.807, 2.05) is 44.2 Å². The number of hydrogen-bond acceptors (Lipinski definition) is 4. The Morgan fingerprint density at radius 2 is 1.31 bits per heavy atom. The summed E-state index contributed by atoms with van der Waals surface area (Å²) in [6, 6.07) is 7.49. The molecule has 0 radical (unpaired) electrons. The van der Waals surface area contributed by atoms with Crippen LogP contribution in [0.25, 0.3) is 6.08 Å². The fourth-order valence-electron chi connectivity index (χ4n) is 5.22. The summed E-state index contributed by atoms with van der Waals surface area (Å²) in [6.45, 7) is 4.03. The van der Waals surface area contributed by atoms with Crippen molar-refractivity contribution in [2.75, 3.05) is 0 Å². The van der Waals surface area contributed by atoms with Crippen molar-refractivity contribution in [3.8, 4) is 28.7 Å². The molecule has 2 bridgehead atoms. The Kier molecular flexibility index (Phi) is 8.64. The molecule has 35 heavy (non-hydrogen) atoms. The third-order valence-electron chi connectivity index (χ3n) is 7.19. The van der Waals surface area contributed by atoms with Crippen molar-refractivity contribution in [2.24, 2.45) is 0 Å². The molecule has 0 atom stereocenters. The van der Waals surface area contributed by atoms with E-state index in [1.54, 1.807) is 6.07 Å². The molecule has 0 aliphatic carbocycles. The summed E-state index contributed by atoms with van der Waals surface area (Å²) in [4.78, 5) is 0. The standard InChI is InChI=1S/C31H42O4/c1-31(2)18-17-27-28(35-31)21-24-16-14-12-10-8-6-4-3-5-7-9-11-13-15-23-19-25(32)22-26(20-23)34-30(24)29(27)33/h17-22,32-33H,3-16H2,1-2H3. The molecule has 2 heterocycles. The highest BCUT2D eigenvalue weighted by molar-refractivity contribution is 5.72. The van der Waals surface area contributed by atoms with E-state index in [2.05, 4.69) is 0 Å². The Hall–Kier alpha value is -2.62. The molecule has 2 aromatic carbocycles. The molecule has 0 amide bonds. The van der Waals surface area contributed by atoms with Crippen molar-refractivity contribution in [3.05, 3.63) is 47.0 Å². The highest BCUT2D eigenvalue weighted by atomic mass is 16.5. The minimum Gasteiger partial charge on any atom is -0.508 e. The second kappa shape index (κ2) is 11.9. The van der Waals surface area contributed by atoms with Gasteiger partial charge in [-0.25, -0.2) is 0 Å². The number of aryl methyl sites for hydroxylation is 2. The molecule has 2 aliphatic rings. The monoisotopic (exact) mass is 478 g/mol. The van der Waals surface area contributed by atoms with Crippen molar-refractivity contribution in [1.29, 1.82) is 0 Å². The summed E-state index contributed by atoms with van der Waals surface area (Å²) < 4.78 is 12.5. The van der Waals surface area contributed by atoms with Crippen molar-refractivity contribution >= 4 is 6.08 Å². The van der Waals surface area contributed by atoms with Crippen LogP contribution in [-0.2, 0) is 12.8 Å². The lowest BCUT2D eigenvalue weighted by molar-refractivity contribution is 0.158. The Balaban J connectivity index is 1.62. The molecule has 2 aromatic rings. The maximum atomic E-state index is 11.2. The van der Waals surface area contributed by atoms with Crippen LogP contribution in [0.15, 0.2) is 30.3 Å². The summed E-state index contributed by atoms with van der Waals surface area (Å²) in [5.74, 6) is 2.04. The zero-order chi connectivity index (χ0) is 24.7. The van der Waals surface area contributed by atoms with Gasteiger partial charge in [-0.15, -0.1) is 0 Å². The number of phenolic OH excluding ortho intramolecular Hbond substituents is 2. The van der Waals surface area contributed by atoms with Gasteiger partial charge >= 0.3 is 0 Å². The van der Waals surface area contributed by atoms with E-state index in [0.717, 1.165) is 36.8 Å². The number of rotatable bonds is 0. The number of fused-ring (bicyclic) bond motifs is 4. The van der Waals surface area contributed by atoms with E-state index >= 15 is 0 Å². The smallest absolute Gasteiger partial charge is 0.173 e. The highest BCUT2D eigenvalue weighted by Crippen LogP contribution is 2.46. The minimum atomic E-state index is -0.415. The third-order valence-corrected chi connectivity index (χ3v) is 7.19. The van der Waals surface area contributed by atoms with Gasteiger partial charge < -0.3 is 19.7 Å². The van der Waals surface area contributed by atoms with Gasteiger partial charge in [0, 0.05) is 11.6 Å². The molecule has 0 spiro atoms. The van der Waals surface area contributed by atoms with Gasteiger partial charge in [-0.05, 0) is 75.4 Å². The lowest BCUT2D eigenvalue weighted by atomic mass is 9.96. The maximum Gasteiger partial charge on any atom is 0.173 e. The second-order valence-electron chi connectivity index (χ2n) is 10.8. The predicted octanol–water partition coefficient (Wildman–Crippen LogP) is 8.85. The second-order valence-corrected chi connectivity index (χ2v) is 10.8. The fraction of sp³-hybridized carbons (Fsp3) is 0.548. The largest absolute Gasteiger partial charge is 0.508 e. The van der Waals surface area contributed by atoms with Crippen molar-refractivity contribution in [3.63, 3.8) is 0 Å². The molecular formula is C31H42O4. The lowest BCUT2D eigenvalue weighted by Crippen LogP contribution is -2.27. The van der Waals surface area contributed by atoms with Gasteiger partial charge in [-0.3, -0.25) is 0 Å². The lowest BCUT2D eigenvalue weighted by Gasteiger charge is -2.29. The van der Waals surface area contributed by atoms with Crippen LogP contribution < -0.4 is 9.47 Å². The molecule has 190 valence electrons. The van der Waals surface area contributed by atoms with Gasteiger partial charge in [0.1, 0.15) is 22.8 Å². The first-order valence-corrected chi connectivity index (χ1v) is 13.7. The summed E-state index contributed by atoms with van der Waals surface area (Å²) >= 11 is 0. The van der Waals surface area contributed by atoms with Crippen LogP contribution in [0.1, 0.15) is 108 Å². The average molecular weight is 479 g/mol. The number of benzene rings is 2. The van der Waals surface area contributed by atoms with Crippen LogP contribution in [0.3, 0.4) is 0 Å². The van der Waals surface area contributed by atoms with E-state index in [4.69, 9.17) is 9.47 Å². The van der Waals surface area contributed by atoms with Gasteiger partial charge in [0.05, 0.1) is 5.56 Å². The van der Waals surface area contributed by atoms with Crippen LogP contribution in [0.5, 0.6) is 28.7 Å². The van der Waals surface area contributed by atoms with E-state index < -0.39 is 5.60 Å². The Morgan fingerprint density at radius 3 is 1.97 bits per heavy atom. The van der Waals surface area contributed by atoms with Crippen molar-refractivity contribution in [2.45, 2.75) is 109 Å². The first-order chi connectivity index (χ1) is 16.9. The van der Waals surface area contributed by atoms with Crippen molar-refractivity contribution < 1.29 is 19.7 Å². The van der Waals surface area contributed by atoms with Gasteiger partial charge in [0.15, 0.2) is 11.5 Å². The van der Waals surface area contributed by atoms with Gasteiger partial charge in [-0.1, -0.05) is 64.2 Å². The summed E-state index contributed by atoms with van der Waals surface area (Å²) in [7, 11) is 0. The van der Waals surface area contributed by atoms with Gasteiger partial charge in [0.25, 0.3) is 0 Å². The van der Waals surface area contributed by atoms with E-state index in [0.29, 0.717) is 22.8 Å². The zero-order valence-electron chi connectivity index (χ0n) is 21.6. The molecule has 0 saturated carbocycles. The molecule has 0 fully saturated rings. The van der Waals surface area contributed by atoms with Gasteiger partial charge in [0.2, 0.25) is 0 Å². The quantitative estimate of drug-likeness (QED) is 0.397. The number of phenols is 2. The topological polar surface area (TPSA) is 58.9 Å². The molecule has 2 aliphatic heterocycles. The Morgan fingerprint density at radius 1 is 0.714 bits per heavy atom. The van der Waals surface area contributed by atoms with Crippen LogP contribution in [0.4, 0.5) is 0 Å². The summed E-state index contributed by atoms with van der Waals surface area (Å²) in [5.41, 5.74) is 2.25. The fourth-order valence-corrected chi connectivity index (χ4v) is 5.22. The van der Waals surface area contributed by atoms with Crippen molar-refractivity contribution in [1.82, 2.24) is 0 Å². The molecule has 4 heteroatoms. The Labute approximate surface area is 211 Å². The molecule has 0 saturated heterocycles. The molecular weight excluding hydrogens is 436 g/mol. The van der Waals surface area contributed by atoms with Gasteiger partial charge in [-0.2, -0.15) is 0 Å². The van der Waals surface area contributed by atoms with Crippen LogP contribution in [0.2, 0.25) is 0 Å². The van der Waals surface area contributed by atoms with E-state index in [-0.39, 0.29) is 11.5 Å². The molecule has 4 nitrogen and oxygen atoms in total. The first-order valence-electron chi connectivity index (χ1n) is 13.7. The molecule has 4 rings (SSSR count). The highest BCUT2D eigenvalue weighted by Gasteiger charge is 2.27. The number of ether oxygens (including phenoxy) is 2. The average Bonchev–Trinajstić information content (AvgIpc) is 2.80. The SMILES string of the molecule is CC1(C)C=Cc2c(cc3c(c2O)Oc2cc(O)cc(c2)CCCCCCCCCCCCCC3)O1.